The molecule has 1 aromatic carbocycles. The number of allylic oxidation sites excluding steroid dienone is 2. The van der Waals surface area contributed by atoms with Gasteiger partial charge >= 0.3 is 0 Å². The van der Waals surface area contributed by atoms with Gasteiger partial charge in [-0.1, -0.05) is 35.9 Å². The van der Waals surface area contributed by atoms with Crippen molar-refractivity contribution in [1.82, 2.24) is 0 Å². The molecule has 3 aliphatic carbocycles. The molecule has 1 spiro atoms. The summed E-state index contributed by atoms with van der Waals surface area (Å²) in [5, 5.41) is 0.642. The predicted octanol–water partition coefficient (Wildman–Crippen LogP) is 4.05. The fourth-order valence-corrected chi connectivity index (χ4v) is 4.54. The monoisotopic (exact) mass is 258 g/mol. The topological polar surface area (TPSA) is 17.1 Å². The van der Waals surface area contributed by atoms with E-state index in [0.29, 0.717) is 22.6 Å². The maximum atomic E-state index is 12.9. The van der Waals surface area contributed by atoms with E-state index in [1.807, 2.05) is 12.1 Å². The Balaban J connectivity index is 1.86. The zero-order valence-corrected chi connectivity index (χ0v) is 10.9. The number of rotatable bonds is 0. The maximum Gasteiger partial charge on any atom is 0.171 e. The summed E-state index contributed by atoms with van der Waals surface area (Å²) >= 11 is 6.26. The zero-order valence-electron chi connectivity index (χ0n) is 10.2. The number of Topliss-reactive ketones (excluding diaryl/α,β-unsaturated/α-hetero) is 1. The third-order valence-electron chi connectivity index (χ3n) is 5.13. The molecular formula is C16H15ClO. The molecule has 1 nitrogen and oxygen atoms in total. The molecule has 0 N–H and O–H groups in total. The average Bonchev–Trinajstić information content (AvgIpc) is 2.95. The van der Waals surface area contributed by atoms with Crippen molar-refractivity contribution < 1.29 is 4.79 Å². The Labute approximate surface area is 112 Å². The zero-order chi connectivity index (χ0) is 12.3. The lowest BCUT2D eigenvalue weighted by Crippen LogP contribution is -2.39. The highest BCUT2D eigenvalue weighted by Gasteiger charge is 2.54. The number of ketones is 1. The molecule has 0 aromatic heterocycles. The number of aryl methyl sites for hydroxylation is 1. The number of hydrogen-bond acceptors (Lipinski definition) is 1. The molecular weight excluding hydrogens is 244 g/mol. The summed E-state index contributed by atoms with van der Waals surface area (Å²) in [6, 6.07) is 5.85. The fraction of sp³-hybridized carbons (Fsp3) is 0.438. The first kappa shape index (κ1) is 10.8. The third-order valence-corrected chi connectivity index (χ3v) is 5.44. The van der Waals surface area contributed by atoms with Crippen molar-refractivity contribution in [3.63, 3.8) is 0 Å². The molecule has 1 saturated carbocycles. The lowest BCUT2D eigenvalue weighted by Gasteiger charge is -2.38. The maximum absolute atomic E-state index is 12.9. The Kier molecular flexibility index (Phi) is 2.09. The number of carbonyl (C=O) groups excluding carboxylic acids is 1. The molecule has 0 amide bonds. The Morgan fingerprint density at radius 2 is 2.17 bits per heavy atom. The molecule has 0 radical (unpaired) electrons. The molecule has 3 atom stereocenters. The number of benzene rings is 1. The highest BCUT2D eigenvalue weighted by Crippen LogP contribution is 2.58. The van der Waals surface area contributed by atoms with Gasteiger partial charge in [-0.15, -0.1) is 0 Å². The predicted molar refractivity (Wildman–Crippen MR) is 71.9 cm³/mol. The summed E-state index contributed by atoms with van der Waals surface area (Å²) < 4.78 is 0. The van der Waals surface area contributed by atoms with E-state index in [-0.39, 0.29) is 5.41 Å². The van der Waals surface area contributed by atoms with Crippen LogP contribution in [0.2, 0.25) is 5.02 Å². The van der Waals surface area contributed by atoms with Gasteiger partial charge in [-0.05, 0) is 49.1 Å². The van der Waals surface area contributed by atoms with Crippen LogP contribution in [0.3, 0.4) is 0 Å². The minimum Gasteiger partial charge on any atom is -0.293 e. The molecule has 4 rings (SSSR count). The van der Waals surface area contributed by atoms with Gasteiger partial charge in [-0.2, -0.15) is 0 Å². The van der Waals surface area contributed by atoms with E-state index in [1.54, 1.807) is 0 Å². The van der Waals surface area contributed by atoms with Crippen LogP contribution in [0.4, 0.5) is 0 Å². The Bertz CT molecular complexity index is 574. The summed E-state index contributed by atoms with van der Waals surface area (Å²) in [6.45, 7) is 0. The summed E-state index contributed by atoms with van der Waals surface area (Å²) in [4.78, 5) is 12.9. The van der Waals surface area contributed by atoms with Crippen molar-refractivity contribution in [3.05, 3.63) is 46.5 Å². The number of carbonyl (C=O) groups is 1. The van der Waals surface area contributed by atoms with E-state index < -0.39 is 0 Å². The molecule has 0 aliphatic heterocycles. The van der Waals surface area contributed by atoms with Crippen molar-refractivity contribution in [2.75, 3.05) is 0 Å². The van der Waals surface area contributed by atoms with Crippen LogP contribution in [0.1, 0.15) is 35.2 Å². The molecule has 0 heterocycles. The number of hydrogen-bond donors (Lipinski definition) is 0. The minimum atomic E-state index is -0.128. The normalized spacial score (nSPS) is 36.4. The first-order valence-electron chi connectivity index (χ1n) is 6.71. The van der Waals surface area contributed by atoms with Gasteiger partial charge in [0.15, 0.2) is 5.78 Å². The van der Waals surface area contributed by atoms with E-state index in [0.717, 1.165) is 30.4 Å². The van der Waals surface area contributed by atoms with Crippen molar-refractivity contribution in [1.29, 1.82) is 0 Å². The van der Waals surface area contributed by atoms with Crippen LogP contribution < -0.4 is 0 Å². The third kappa shape index (κ3) is 1.21. The second-order valence-electron chi connectivity index (χ2n) is 5.95. The minimum absolute atomic E-state index is 0.128. The summed E-state index contributed by atoms with van der Waals surface area (Å²) in [5.74, 6) is 1.40. The van der Waals surface area contributed by atoms with Crippen molar-refractivity contribution in [3.8, 4) is 0 Å². The molecule has 3 unspecified atom stereocenters. The largest absolute Gasteiger partial charge is 0.293 e. The van der Waals surface area contributed by atoms with Crippen molar-refractivity contribution in [2.45, 2.75) is 25.7 Å². The second-order valence-corrected chi connectivity index (χ2v) is 6.36. The smallest absolute Gasteiger partial charge is 0.171 e. The summed E-state index contributed by atoms with van der Waals surface area (Å²) in [7, 11) is 0. The van der Waals surface area contributed by atoms with E-state index in [1.165, 1.54) is 6.42 Å². The van der Waals surface area contributed by atoms with Crippen LogP contribution in [-0.4, -0.2) is 5.78 Å². The average molecular weight is 259 g/mol. The summed E-state index contributed by atoms with van der Waals surface area (Å²) in [5.41, 5.74) is 1.83. The van der Waals surface area contributed by atoms with Gasteiger partial charge in [0.2, 0.25) is 0 Å². The molecule has 1 fully saturated rings. The lowest BCUT2D eigenvalue weighted by molar-refractivity contribution is 0.0703. The van der Waals surface area contributed by atoms with Crippen LogP contribution in [0.25, 0.3) is 0 Å². The van der Waals surface area contributed by atoms with Gasteiger partial charge < -0.3 is 0 Å². The van der Waals surface area contributed by atoms with Gasteiger partial charge in [0.05, 0.1) is 5.02 Å². The van der Waals surface area contributed by atoms with E-state index in [9.17, 15) is 4.79 Å². The number of halogens is 1. The van der Waals surface area contributed by atoms with Gasteiger partial charge in [-0.25, -0.2) is 0 Å². The van der Waals surface area contributed by atoms with E-state index >= 15 is 0 Å². The Morgan fingerprint density at radius 1 is 1.28 bits per heavy atom. The van der Waals surface area contributed by atoms with Crippen LogP contribution >= 0.6 is 11.6 Å². The standard InChI is InChI=1S/C16H15ClO/c17-13-3-1-2-11-6-7-16(15(18)14(11)13)9-10-4-5-12(16)8-10/h1-5,10,12H,6-9H2. The Hall–Kier alpha value is -1.08. The van der Waals surface area contributed by atoms with Crippen LogP contribution in [0.5, 0.6) is 0 Å². The molecule has 2 heteroatoms. The van der Waals surface area contributed by atoms with Crippen LogP contribution in [0, 0.1) is 17.3 Å². The second kappa shape index (κ2) is 3.48. The molecule has 0 saturated heterocycles. The van der Waals surface area contributed by atoms with Gasteiger partial charge in [0, 0.05) is 11.0 Å². The number of fused-ring (bicyclic) bond motifs is 4. The SMILES string of the molecule is O=C1c2c(Cl)cccc2CCC12CC1C=CC2C1. The van der Waals surface area contributed by atoms with Gasteiger partial charge in [-0.3, -0.25) is 4.79 Å². The highest BCUT2D eigenvalue weighted by atomic mass is 35.5. The van der Waals surface area contributed by atoms with Gasteiger partial charge in [0.25, 0.3) is 0 Å². The summed E-state index contributed by atoms with van der Waals surface area (Å²) in [6.07, 6.45) is 8.78. The van der Waals surface area contributed by atoms with Gasteiger partial charge in [0.1, 0.15) is 0 Å². The molecule has 18 heavy (non-hydrogen) atoms. The fourth-order valence-electron chi connectivity index (χ4n) is 4.26. The molecule has 1 aromatic rings. The first-order valence-corrected chi connectivity index (χ1v) is 7.09. The van der Waals surface area contributed by atoms with Crippen molar-refractivity contribution in [2.24, 2.45) is 17.3 Å². The van der Waals surface area contributed by atoms with Crippen LogP contribution in [-0.2, 0) is 6.42 Å². The quantitative estimate of drug-likeness (QED) is 0.642. The van der Waals surface area contributed by atoms with Crippen LogP contribution in [0.15, 0.2) is 30.4 Å². The molecule has 3 aliphatic rings. The Morgan fingerprint density at radius 3 is 2.89 bits per heavy atom. The van der Waals surface area contributed by atoms with Crippen molar-refractivity contribution >= 4 is 17.4 Å². The highest BCUT2D eigenvalue weighted by molar-refractivity contribution is 6.34. The first-order chi connectivity index (χ1) is 8.71. The molecule has 2 bridgehead atoms. The lowest BCUT2D eigenvalue weighted by atomic mass is 9.63. The van der Waals surface area contributed by atoms with E-state index in [2.05, 4.69) is 18.2 Å². The van der Waals surface area contributed by atoms with E-state index in [4.69, 9.17) is 11.6 Å². The molecule has 92 valence electrons.